The molecular weight excluding hydrogens is 311 g/mol. The van der Waals surface area contributed by atoms with Gasteiger partial charge in [-0.15, -0.1) is 0 Å². The SMILES string of the molecule is O=S(=O)(Nc1ccsc1)c1cc(CNC2CC2)ccc1F. The molecule has 1 fully saturated rings. The largest absolute Gasteiger partial charge is 0.310 e. The number of halogens is 1. The first kappa shape index (κ1) is 14.5. The number of hydrogen-bond acceptors (Lipinski definition) is 4. The molecule has 21 heavy (non-hydrogen) atoms. The number of nitrogens with one attached hydrogen (secondary N) is 2. The number of sulfonamides is 1. The minimum Gasteiger partial charge on any atom is -0.310 e. The lowest BCUT2D eigenvalue weighted by Crippen LogP contribution is -2.17. The van der Waals surface area contributed by atoms with Crippen LogP contribution in [-0.4, -0.2) is 14.5 Å². The molecule has 112 valence electrons. The van der Waals surface area contributed by atoms with Crippen LogP contribution in [0.2, 0.25) is 0 Å². The van der Waals surface area contributed by atoms with Crippen LogP contribution in [-0.2, 0) is 16.6 Å². The molecule has 0 atom stereocenters. The maximum absolute atomic E-state index is 13.9. The van der Waals surface area contributed by atoms with Gasteiger partial charge < -0.3 is 5.32 Å². The van der Waals surface area contributed by atoms with Crippen molar-refractivity contribution >= 4 is 27.0 Å². The Labute approximate surface area is 127 Å². The van der Waals surface area contributed by atoms with Crippen molar-refractivity contribution in [3.8, 4) is 0 Å². The van der Waals surface area contributed by atoms with E-state index in [2.05, 4.69) is 10.0 Å². The summed E-state index contributed by atoms with van der Waals surface area (Å²) in [6, 6.07) is 6.34. The van der Waals surface area contributed by atoms with Crippen LogP contribution in [0.3, 0.4) is 0 Å². The number of thiophene rings is 1. The minimum atomic E-state index is -3.91. The van der Waals surface area contributed by atoms with Crippen LogP contribution in [0.1, 0.15) is 18.4 Å². The van der Waals surface area contributed by atoms with E-state index < -0.39 is 15.8 Å². The summed E-state index contributed by atoms with van der Waals surface area (Å²) in [5.74, 6) is -0.743. The van der Waals surface area contributed by atoms with Crippen LogP contribution in [0.4, 0.5) is 10.1 Å². The Kier molecular flexibility index (Phi) is 3.97. The quantitative estimate of drug-likeness (QED) is 0.858. The molecule has 1 aliphatic carbocycles. The van der Waals surface area contributed by atoms with Crippen LogP contribution in [0.25, 0.3) is 0 Å². The Bertz CT molecular complexity index is 725. The number of benzene rings is 1. The van der Waals surface area contributed by atoms with E-state index in [1.54, 1.807) is 22.9 Å². The molecule has 0 bridgehead atoms. The van der Waals surface area contributed by atoms with Gasteiger partial charge in [0, 0.05) is 18.0 Å². The summed E-state index contributed by atoms with van der Waals surface area (Å²) in [4.78, 5) is -0.316. The zero-order valence-corrected chi connectivity index (χ0v) is 12.8. The summed E-state index contributed by atoms with van der Waals surface area (Å²) in [5, 5.41) is 6.70. The van der Waals surface area contributed by atoms with E-state index in [1.807, 2.05) is 0 Å². The highest BCUT2D eigenvalue weighted by molar-refractivity contribution is 7.92. The van der Waals surface area contributed by atoms with E-state index in [1.165, 1.54) is 23.5 Å². The van der Waals surface area contributed by atoms with Crippen molar-refractivity contribution in [3.05, 3.63) is 46.4 Å². The molecule has 0 unspecified atom stereocenters. The summed E-state index contributed by atoms with van der Waals surface area (Å²) in [5.41, 5.74) is 1.20. The molecule has 1 aromatic heterocycles. The first-order chi connectivity index (χ1) is 10.0. The number of anilines is 1. The third-order valence-electron chi connectivity index (χ3n) is 3.23. The molecule has 1 aromatic carbocycles. The predicted octanol–water partition coefficient (Wildman–Crippen LogP) is 2.94. The van der Waals surface area contributed by atoms with Gasteiger partial charge in [0.25, 0.3) is 10.0 Å². The zero-order valence-electron chi connectivity index (χ0n) is 11.2. The van der Waals surface area contributed by atoms with Gasteiger partial charge in [-0.25, -0.2) is 12.8 Å². The lowest BCUT2D eigenvalue weighted by molar-refractivity contribution is 0.568. The molecule has 0 amide bonds. The molecule has 0 aliphatic heterocycles. The first-order valence-corrected chi connectivity index (χ1v) is 9.04. The minimum absolute atomic E-state index is 0.316. The second kappa shape index (κ2) is 5.75. The van der Waals surface area contributed by atoms with Gasteiger partial charge in [0.1, 0.15) is 10.7 Å². The molecule has 4 nitrogen and oxygen atoms in total. The van der Waals surface area contributed by atoms with Gasteiger partial charge in [0.15, 0.2) is 0 Å². The van der Waals surface area contributed by atoms with Gasteiger partial charge in [0.05, 0.1) is 5.69 Å². The van der Waals surface area contributed by atoms with Crippen molar-refractivity contribution in [1.29, 1.82) is 0 Å². The fourth-order valence-corrected chi connectivity index (χ4v) is 3.79. The zero-order chi connectivity index (χ0) is 14.9. The third kappa shape index (κ3) is 3.61. The maximum atomic E-state index is 13.9. The highest BCUT2D eigenvalue weighted by atomic mass is 32.2. The van der Waals surface area contributed by atoms with E-state index in [4.69, 9.17) is 0 Å². The molecule has 1 heterocycles. The molecule has 1 saturated carbocycles. The molecular formula is C14H15FN2O2S2. The van der Waals surface area contributed by atoms with Crippen LogP contribution >= 0.6 is 11.3 Å². The summed E-state index contributed by atoms with van der Waals surface area (Å²) in [6.45, 7) is 0.548. The molecule has 2 aromatic rings. The van der Waals surface area contributed by atoms with Gasteiger partial charge in [-0.1, -0.05) is 6.07 Å². The Hall–Kier alpha value is -1.44. The van der Waals surface area contributed by atoms with Crippen molar-refractivity contribution in [2.75, 3.05) is 4.72 Å². The Morgan fingerprint density at radius 2 is 2.10 bits per heavy atom. The molecule has 3 rings (SSSR count). The average molecular weight is 326 g/mol. The van der Waals surface area contributed by atoms with Gasteiger partial charge in [-0.3, -0.25) is 4.72 Å². The molecule has 0 saturated heterocycles. The van der Waals surface area contributed by atoms with Crippen LogP contribution in [0.5, 0.6) is 0 Å². The molecule has 0 radical (unpaired) electrons. The summed E-state index contributed by atoms with van der Waals surface area (Å²) >= 11 is 1.37. The summed E-state index contributed by atoms with van der Waals surface area (Å²) < 4.78 is 40.8. The normalized spacial score (nSPS) is 15.1. The van der Waals surface area contributed by atoms with Gasteiger partial charge >= 0.3 is 0 Å². The van der Waals surface area contributed by atoms with E-state index in [0.29, 0.717) is 18.3 Å². The lowest BCUT2D eigenvalue weighted by atomic mass is 10.2. The Balaban J connectivity index is 1.83. The summed E-state index contributed by atoms with van der Waals surface area (Å²) in [7, 11) is -3.91. The Morgan fingerprint density at radius 1 is 1.29 bits per heavy atom. The van der Waals surface area contributed by atoms with E-state index in [-0.39, 0.29) is 4.90 Å². The van der Waals surface area contributed by atoms with Gasteiger partial charge in [-0.05, 0) is 42.0 Å². The Morgan fingerprint density at radius 3 is 2.76 bits per heavy atom. The first-order valence-electron chi connectivity index (χ1n) is 6.61. The monoisotopic (exact) mass is 326 g/mol. The van der Waals surface area contributed by atoms with E-state index in [0.717, 1.165) is 18.4 Å². The number of rotatable bonds is 6. The van der Waals surface area contributed by atoms with Crippen molar-refractivity contribution < 1.29 is 12.8 Å². The molecule has 0 spiro atoms. The van der Waals surface area contributed by atoms with Crippen LogP contribution in [0.15, 0.2) is 39.9 Å². The predicted molar refractivity (Wildman–Crippen MR) is 81.4 cm³/mol. The lowest BCUT2D eigenvalue weighted by Gasteiger charge is -2.10. The van der Waals surface area contributed by atoms with Crippen LogP contribution < -0.4 is 10.0 Å². The second-order valence-corrected chi connectivity index (χ2v) is 7.47. The van der Waals surface area contributed by atoms with Crippen molar-refractivity contribution in [2.24, 2.45) is 0 Å². The molecule has 1 aliphatic rings. The van der Waals surface area contributed by atoms with E-state index in [9.17, 15) is 12.8 Å². The maximum Gasteiger partial charge on any atom is 0.264 e. The second-order valence-electron chi connectivity index (χ2n) is 5.04. The standard InChI is InChI=1S/C14H15FN2O2S2/c15-13-4-1-10(8-16-11-2-3-11)7-14(13)21(18,19)17-12-5-6-20-9-12/h1,4-7,9,11,16-17H,2-3,8H2. The van der Waals surface area contributed by atoms with Gasteiger partial charge in [0.2, 0.25) is 0 Å². The van der Waals surface area contributed by atoms with E-state index >= 15 is 0 Å². The molecule has 7 heteroatoms. The van der Waals surface area contributed by atoms with Crippen molar-refractivity contribution in [3.63, 3.8) is 0 Å². The van der Waals surface area contributed by atoms with Gasteiger partial charge in [-0.2, -0.15) is 11.3 Å². The fourth-order valence-electron chi connectivity index (χ4n) is 1.95. The fraction of sp³-hybridized carbons (Fsp3) is 0.286. The topological polar surface area (TPSA) is 58.2 Å². The van der Waals surface area contributed by atoms with Crippen LogP contribution in [0, 0.1) is 5.82 Å². The highest BCUT2D eigenvalue weighted by Gasteiger charge is 2.22. The highest BCUT2D eigenvalue weighted by Crippen LogP contribution is 2.23. The summed E-state index contributed by atoms with van der Waals surface area (Å²) in [6.07, 6.45) is 2.29. The van der Waals surface area contributed by atoms with Crippen molar-refractivity contribution in [1.82, 2.24) is 5.32 Å². The smallest absolute Gasteiger partial charge is 0.264 e. The van der Waals surface area contributed by atoms with Crippen molar-refractivity contribution in [2.45, 2.75) is 30.3 Å². The average Bonchev–Trinajstić information content (AvgIpc) is 3.14. The number of hydrogen-bond donors (Lipinski definition) is 2. The third-order valence-corrected chi connectivity index (χ3v) is 5.31. The molecule has 2 N–H and O–H groups in total.